The number of amides is 1. The number of nitrogens with zero attached hydrogens (tertiary/aromatic N) is 2. The van der Waals surface area contributed by atoms with Gasteiger partial charge in [0.05, 0.1) is 12.1 Å². The van der Waals surface area contributed by atoms with Crippen LogP contribution in [0.4, 0.5) is 0 Å². The predicted octanol–water partition coefficient (Wildman–Crippen LogP) is 2.19. The van der Waals surface area contributed by atoms with Crippen molar-refractivity contribution in [3.8, 4) is 5.75 Å². The van der Waals surface area contributed by atoms with Crippen molar-refractivity contribution in [3.63, 3.8) is 0 Å². The highest BCUT2D eigenvalue weighted by molar-refractivity contribution is 7.71. The number of benzene rings is 1. The number of nitrogens with one attached hydrogen (secondary N) is 1. The number of carbonyl (C=O) groups is 1. The molecule has 2 rings (SSSR count). The normalized spacial score (nSPS) is 10.7. The average molecular weight is 279 g/mol. The Morgan fingerprint density at radius 1 is 1.47 bits per heavy atom. The summed E-state index contributed by atoms with van der Waals surface area (Å²) in [6.07, 6.45) is 0. The Labute approximate surface area is 116 Å². The van der Waals surface area contributed by atoms with Crippen LogP contribution in [-0.4, -0.2) is 41.1 Å². The molecule has 2 aromatic rings. The molecule has 19 heavy (non-hydrogen) atoms. The topological polar surface area (TPSA) is 50.3 Å². The van der Waals surface area contributed by atoms with Crippen molar-refractivity contribution in [2.24, 2.45) is 0 Å². The fourth-order valence-corrected chi connectivity index (χ4v) is 2.13. The molecule has 102 valence electrons. The van der Waals surface area contributed by atoms with E-state index in [1.54, 1.807) is 23.6 Å². The van der Waals surface area contributed by atoms with Crippen molar-refractivity contribution in [1.29, 1.82) is 0 Å². The minimum atomic E-state index is -0.00110. The summed E-state index contributed by atoms with van der Waals surface area (Å²) in [6.45, 7) is 2.74. The van der Waals surface area contributed by atoms with Gasteiger partial charge in [-0.15, -0.1) is 0 Å². The molecule has 1 amide bonds. The van der Waals surface area contributed by atoms with E-state index in [1.807, 2.05) is 25.1 Å². The van der Waals surface area contributed by atoms with Crippen LogP contribution in [0.5, 0.6) is 5.75 Å². The van der Waals surface area contributed by atoms with Crippen LogP contribution in [0.3, 0.4) is 0 Å². The number of carbonyl (C=O) groups excluding carboxylic acids is 1. The number of likely N-dealkylation sites (N-methyl/N-ethyl adjacent to an activating group) is 1. The molecular weight excluding hydrogens is 262 g/mol. The number of fused-ring (bicyclic) bond motifs is 1. The Hall–Kier alpha value is -1.82. The van der Waals surface area contributed by atoms with Crippen molar-refractivity contribution in [1.82, 2.24) is 14.5 Å². The highest BCUT2D eigenvalue weighted by Crippen LogP contribution is 2.24. The molecule has 1 aromatic carbocycles. The summed E-state index contributed by atoms with van der Waals surface area (Å²) in [5, 5.41) is 0. The molecule has 0 radical (unpaired) electrons. The zero-order chi connectivity index (χ0) is 14.0. The van der Waals surface area contributed by atoms with Crippen LogP contribution >= 0.6 is 12.2 Å². The van der Waals surface area contributed by atoms with Gasteiger partial charge in [-0.3, -0.25) is 4.79 Å². The third-order valence-electron chi connectivity index (χ3n) is 2.86. The number of hydrogen-bond donors (Lipinski definition) is 1. The lowest BCUT2D eigenvalue weighted by Crippen LogP contribution is -2.26. The summed E-state index contributed by atoms with van der Waals surface area (Å²) in [4.78, 5) is 16.5. The summed E-state index contributed by atoms with van der Waals surface area (Å²) in [7, 11) is 3.46. The van der Waals surface area contributed by atoms with Crippen LogP contribution in [-0.2, 0) is 11.3 Å². The third-order valence-corrected chi connectivity index (χ3v) is 3.19. The highest BCUT2D eigenvalue weighted by Gasteiger charge is 2.12. The van der Waals surface area contributed by atoms with Crippen LogP contribution in [0.2, 0.25) is 0 Å². The maximum Gasteiger partial charge on any atom is 0.242 e. The lowest BCUT2D eigenvalue weighted by molar-refractivity contribution is -0.129. The standard InChI is InChI=1S/C13H17N3O2S/c1-4-18-10-7-5-6-9-12(10)14-13(19)16(9)8-11(17)15(2)3/h5-7H,4,8H2,1-3H3,(H,14,19). The first-order chi connectivity index (χ1) is 9.04. The number of aromatic amines is 1. The largest absolute Gasteiger partial charge is 0.492 e. The molecule has 0 unspecified atom stereocenters. The molecular formula is C13H17N3O2S. The van der Waals surface area contributed by atoms with Gasteiger partial charge in [-0.2, -0.15) is 0 Å². The van der Waals surface area contributed by atoms with Crippen molar-refractivity contribution < 1.29 is 9.53 Å². The molecule has 1 heterocycles. The number of H-pyrrole nitrogens is 1. The summed E-state index contributed by atoms with van der Waals surface area (Å²) in [6, 6.07) is 5.70. The first kappa shape index (κ1) is 13.6. The zero-order valence-electron chi connectivity index (χ0n) is 11.3. The fourth-order valence-electron chi connectivity index (χ4n) is 1.86. The number of hydrogen-bond acceptors (Lipinski definition) is 3. The molecule has 1 N–H and O–H groups in total. The Morgan fingerprint density at radius 2 is 2.21 bits per heavy atom. The number of para-hydroxylation sites is 1. The van der Waals surface area contributed by atoms with E-state index in [0.29, 0.717) is 11.4 Å². The molecule has 0 atom stereocenters. The predicted molar refractivity (Wildman–Crippen MR) is 77.0 cm³/mol. The molecule has 0 bridgehead atoms. The molecule has 1 aromatic heterocycles. The van der Waals surface area contributed by atoms with Crippen molar-refractivity contribution in [3.05, 3.63) is 23.0 Å². The SMILES string of the molecule is CCOc1cccc2c1[nH]c(=S)n2CC(=O)N(C)C. The number of imidazole rings is 1. The second-order valence-electron chi connectivity index (χ2n) is 4.39. The van der Waals surface area contributed by atoms with Crippen LogP contribution < -0.4 is 4.74 Å². The van der Waals surface area contributed by atoms with Gasteiger partial charge in [0.1, 0.15) is 17.8 Å². The smallest absolute Gasteiger partial charge is 0.242 e. The van der Waals surface area contributed by atoms with E-state index >= 15 is 0 Å². The van der Waals surface area contributed by atoms with Gasteiger partial charge >= 0.3 is 0 Å². The molecule has 0 aliphatic rings. The van der Waals surface area contributed by atoms with E-state index < -0.39 is 0 Å². The van der Waals surface area contributed by atoms with E-state index in [2.05, 4.69) is 4.98 Å². The van der Waals surface area contributed by atoms with E-state index in [0.717, 1.165) is 16.8 Å². The van der Waals surface area contributed by atoms with Crippen LogP contribution in [0, 0.1) is 4.77 Å². The molecule has 5 nitrogen and oxygen atoms in total. The summed E-state index contributed by atoms with van der Waals surface area (Å²) in [5.74, 6) is 0.751. The second-order valence-corrected chi connectivity index (χ2v) is 4.77. The maximum atomic E-state index is 11.8. The van der Waals surface area contributed by atoms with E-state index in [-0.39, 0.29) is 12.5 Å². The minimum Gasteiger partial charge on any atom is -0.492 e. The van der Waals surface area contributed by atoms with Crippen molar-refractivity contribution in [2.75, 3.05) is 20.7 Å². The third kappa shape index (κ3) is 2.63. The maximum absolute atomic E-state index is 11.8. The van der Waals surface area contributed by atoms with Crippen molar-refractivity contribution in [2.45, 2.75) is 13.5 Å². The van der Waals surface area contributed by atoms with Gasteiger partial charge in [0.2, 0.25) is 5.91 Å². The van der Waals surface area contributed by atoms with Gasteiger partial charge in [-0.05, 0) is 31.3 Å². The van der Waals surface area contributed by atoms with Gasteiger partial charge in [-0.1, -0.05) is 6.07 Å². The Balaban J connectivity index is 2.51. The highest BCUT2D eigenvalue weighted by atomic mass is 32.1. The van der Waals surface area contributed by atoms with E-state index in [1.165, 1.54) is 0 Å². The first-order valence-corrected chi connectivity index (χ1v) is 6.50. The van der Waals surface area contributed by atoms with Gasteiger partial charge in [0.25, 0.3) is 0 Å². The summed E-state index contributed by atoms with van der Waals surface area (Å²) < 4.78 is 7.87. The Morgan fingerprint density at radius 3 is 2.84 bits per heavy atom. The average Bonchev–Trinajstić information content (AvgIpc) is 2.68. The van der Waals surface area contributed by atoms with E-state index in [4.69, 9.17) is 17.0 Å². The zero-order valence-corrected chi connectivity index (χ0v) is 12.1. The number of rotatable bonds is 4. The number of ether oxygens (including phenoxy) is 1. The second kappa shape index (κ2) is 5.44. The Kier molecular flexibility index (Phi) is 3.90. The van der Waals surface area contributed by atoms with Crippen LogP contribution in [0.25, 0.3) is 11.0 Å². The molecule has 0 saturated heterocycles. The molecule has 6 heteroatoms. The molecule has 0 spiro atoms. The molecule has 0 aliphatic carbocycles. The van der Waals surface area contributed by atoms with Crippen LogP contribution in [0.15, 0.2) is 18.2 Å². The molecule has 0 fully saturated rings. The summed E-state index contributed by atoms with van der Waals surface area (Å²) >= 11 is 5.28. The quantitative estimate of drug-likeness (QED) is 0.873. The number of aromatic nitrogens is 2. The van der Waals surface area contributed by atoms with E-state index in [9.17, 15) is 4.79 Å². The van der Waals surface area contributed by atoms with Crippen molar-refractivity contribution >= 4 is 29.2 Å². The minimum absolute atomic E-state index is 0.00110. The first-order valence-electron chi connectivity index (χ1n) is 6.09. The lowest BCUT2D eigenvalue weighted by atomic mass is 10.3. The van der Waals surface area contributed by atoms with Gasteiger partial charge in [0.15, 0.2) is 4.77 Å². The molecule has 0 saturated carbocycles. The monoisotopic (exact) mass is 279 g/mol. The summed E-state index contributed by atoms with van der Waals surface area (Å²) in [5.41, 5.74) is 1.71. The van der Waals surface area contributed by atoms with Gasteiger partial charge in [-0.25, -0.2) is 0 Å². The van der Waals surface area contributed by atoms with Gasteiger partial charge < -0.3 is 19.2 Å². The molecule has 0 aliphatic heterocycles. The Bertz CT molecular complexity index is 657. The van der Waals surface area contributed by atoms with Crippen LogP contribution in [0.1, 0.15) is 6.92 Å². The van der Waals surface area contributed by atoms with Gasteiger partial charge in [0, 0.05) is 14.1 Å². The lowest BCUT2D eigenvalue weighted by Gasteiger charge is -2.11. The fraction of sp³-hybridized carbons (Fsp3) is 0.385.